The molecule has 3 rings (SSSR count). The summed E-state index contributed by atoms with van der Waals surface area (Å²) in [6.07, 6.45) is -3.76. The molecule has 1 atom stereocenters. The molecule has 1 aromatic heterocycles. The van der Waals surface area contributed by atoms with Gasteiger partial charge in [-0.1, -0.05) is 19.6 Å². The van der Waals surface area contributed by atoms with Crippen molar-refractivity contribution in [2.24, 2.45) is 0 Å². The molecule has 0 spiro atoms. The molecule has 1 aliphatic rings. The summed E-state index contributed by atoms with van der Waals surface area (Å²) < 4.78 is 48.1. The predicted octanol–water partition coefficient (Wildman–Crippen LogP) is 4.00. The Hall–Kier alpha value is -1.79. The fourth-order valence-electron chi connectivity index (χ4n) is 3.76. The van der Waals surface area contributed by atoms with Crippen molar-refractivity contribution in [3.05, 3.63) is 41.6 Å². The van der Waals surface area contributed by atoms with Crippen molar-refractivity contribution in [3.8, 4) is 5.88 Å². The van der Waals surface area contributed by atoms with Crippen LogP contribution in [-0.2, 0) is 6.18 Å². The Balaban J connectivity index is 1.86. The number of halogens is 3. The van der Waals surface area contributed by atoms with Crippen molar-refractivity contribution in [2.45, 2.75) is 44.8 Å². The summed E-state index contributed by atoms with van der Waals surface area (Å²) in [5, 5.41) is 2.73. The summed E-state index contributed by atoms with van der Waals surface area (Å²) in [5.41, 5.74) is -0.273. The van der Waals surface area contributed by atoms with Crippen molar-refractivity contribution >= 4 is 51.5 Å². The summed E-state index contributed by atoms with van der Waals surface area (Å²) in [6.45, 7) is 11.3. The van der Waals surface area contributed by atoms with E-state index in [1.165, 1.54) is 0 Å². The number of anilines is 2. The molecule has 35 heavy (non-hydrogen) atoms. The second-order valence-electron chi connectivity index (χ2n) is 10.2. The molecule has 2 aromatic rings. The normalized spacial score (nSPS) is 17.4. The summed E-state index contributed by atoms with van der Waals surface area (Å²) in [6, 6.07) is 7.65. The number of amides is 1. The molecular formula is C24H32F3N4O2SiSn. The molecule has 0 saturated carbocycles. The van der Waals surface area contributed by atoms with Crippen LogP contribution in [0, 0.1) is 0 Å². The van der Waals surface area contributed by atoms with Gasteiger partial charge in [0, 0.05) is 8.07 Å². The fraction of sp³-hybridized carbons (Fsp3) is 0.500. The van der Waals surface area contributed by atoms with Crippen LogP contribution in [0.2, 0.25) is 25.7 Å². The third-order valence-corrected chi connectivity index (χ3v) is 8.67. The molecule has 2 heterocycles. The van der Waals surface area contributed by atoms with Crippen LogP contribution >= 0.6 is 0 Å². The van der Waals surface area contributed by atoms with Gasteiger partial charge in [0.05, 0.1) is 0 Å². The van der Waals surface area contributed by atoms with Gasteiger partial charge in [-0.25, -0.2) is 0 Å². The maximum absolute atomic E-state index is 13.9. The van der Waals surface area contributed by atoms with Crippen molar-refractivity contribution in [1.29, 1.82) is 0 Å². The minimum atomic E-state index is -4.72. The first-order valence-electron chi connectivity index (χ1n) is 11.6. The average molecular weight is 612 g/mol. The zero-order valence-corrected chi connectivity index (χ0v) is 24.6. The zero-order chi connectivity index (χ0) is 26.0. The molecule has 189 valence electrons. The maximum atomic E-state index is 13.9. The number of ether oxygens (including phenoxy) is 1. The van der Waals surface area contributed by atoms with Gasteiger partial charge in [-0.2, -0.15) is 0 Å². The first-order valence-corrected chi connectivity index (χ1v) is 16.7. The summed E-state index contributed by atoms with van der Waals surface area (Å²) in [4.78, 5) is 21.5. The van der Waals surface area contributed by atoms with E-state index < -0.39 is 31.3 Å². The van der Waals surface area contributed by atoms with Gasteiger partial charge >= 0.3 is 192 Å². The molecule has 6 nitrogen and oxygen atoms in total. The third-order valence-electron chi connectivity index (χ3n) is 6.08. The number of nitrogens with one attached hydrogen (secondary N) is 1. The van der Waals surface area contributed by atoms with E-state index in [0.717, 1.165) is 69.7 Å². The molecule has 1 amide bonds. The van der Waals surface area contributed by atoms with Crippen molar-refractivity contribution in [3.63, 3.8) is 0 Å². The van der Waals surface area contributed by atoms with Gasteiger partial charge in [-0.3, -0.25) is 0 Å². The van der Waals surface area contributed by atoms with E-state index >= 15 is 0 Å². The Morgan fingerprint density at radius 1 is 1.26 bits per heavy atom. The molecule has 0 unspecified atom stereocenters. The number of aromatic nitrogens is 1. The van der Waals surface area contributed by atoms with Crippen LogP contribution in [0.25, 0.3) is 0 Å². The van der Waals surface area contributed by atoms with Gasteiger partial charge in [-0.15, -0.1) is 0 Å². The Kier molecular flexibility index (Phi) is 8.80. The van der Waals surface area contributed by atoms with Crippen LogP contribution in [0.15, 0.2) is 30.5 Å². The second-order valence-corrected chi connectivity index (χ2v) is 17.5. The van der Waals surface area contributed by atoms with Gasteiger partial charge in [-0.05, 0) is 0 Å². The van der Waals surface area contributed by atoms with E-state index in [-0.39, 0.29) is 5.88 Å². The zero-order valence-electron chi connectivity index (χ0n) is 20.8. The topological polar surface area (TPSA) is 57.7 Å². The Bertz CT molecular complexity index is 1060. The third kappa shape index (κ3) is 7.59. The molecule has 11 heteroatoms. The number of carbonyl (C=O) groups excluding carboxylic acids is 1. The van der Waals surface area contributed by atoms with Gasteiger partial charge in [0.1, 0.15) is 0 Å². The molecule has 0 bridgehead atoms. The van der Waals surface area contributed by atoms with Crippen LogP contribution in [0.1, 0.15) is 22.8 Å². The van der Waals surface area contributed by atoms with Gasteiger partial charge < -0.3 is 0 Å². The molecule has 1 fully saturated rings. The van der Waals surface area contributed by atoms with Crippen LogP contribution in [0.5, 0.6) is 5.88 Å². The van der Waals surface area contributed by atoms with E-state index in [4.69, 9.17) is 4.74 Å². The number of nitrogens with zero attached hydrogens (tertiary/aromatic N) is 3. The van der Waals surface area contributed by atoms with E-state index in [1.807, 2.05) is 18.2 Å². The predicted molar refractivity (Wildman–Crippen MR) is 137 cm³/mol. The standard InChI is InChI=1S/C24H32F3N4O2Si.Sn/c1-17-16-31(11-10-30(17)2)21-9-7-6-8-20(21)29-23(32)18-15-28-22(14-19(18)24(25,26)27)33-12-13-34(3,4)5;/h7-9,14-15,17H,10-13,16H2,1-5H3,(H,29,32);/t17-;/m0./s1. The van der Waals surface area contributed by atoms with Gasteiger partial charge in [0.25, 0.3) is 0 Å². The van der Waals surface area contributed by atoms with Crippen LogP contribution in [0.3, 0.4) is 0 Å². The number of pyridine rings is 1. The Morgan fingerprint density at radius 2 is 1.97 bits per heavy atom. The quantitative estimate of drug-likeness (QED) is 0.480. The first-order chi connectivity index (χ1) is 16.2. The monoisotopic (exact) mass is 613 g/mol. The van der Waals surface area contributed by atoms with Gasteiger partial charge in [0.2, 0.25) is 0 Å². The number of hydrogen-bond donors (Lipinski definition) is 1. The summed E-state index contributed by atoms with van der Waals surface area (Å²) >= 11 is 1.15. The molecule has 1 aromatic carbocycles. The summed E-state index contributed by atoms with van der Waals surface area (Å²) in [7, 11) is 0.653. The summed E-state index contributed by atoms with van der Waals surface area (Å²) in [5.74, 6) is -0.970. The van der Waals surface area contributed by atoms with Crippen LogP contribution < -0.4 is 18.5 Å². The second kappa shape index (κ2) is 11.1. The number of carbonyl (C=O) groups is 1. The Labute approximate surface area is 219 Å². The van der Waals surface area contributed by atoms with Crippen LogP contribution in [-0.4, -0.2) is 85.7 Å². The fourth-order valence-corrected chi connectivity index (χ4v) is 5.13. The molecule has 1 N–H and O–H groups in total. The molecule has 0 aliphatic carbocycles. The number of hydrogen-bond acceptors (Lipinski definition) is 5. The van der Waals surface area contributed by atoms with E-state index in [2.05, 4.69) is 53.7 Å². The SMILES string of the molecule is C[C@H]1CN(c2cc[c]([Sn])cc2NC(=O)c2cnc(OCC[Si](C)(C)C)cc2C(F)(F)F)CCN1C. The van der Waals surface area contributed by atoms with E-state index in [1.54, 1.807) is 0 Å². The number of likely N-dealkylation sites (N-methyl/N-ethyl adjacent to an activating group) is 1. The van der Waals surface area contributed by atoms with E-state index in [9.17, 15) is 18.0 Å². The number of alkyl halides is 3. The average Bonchev–Trinajstić information content (AvgIpc) is 2.74. The molecule has 1 aliphatic heterocycles. The van der Waals surface area contributed by atoms with Crippen molar-refractivity contribution in [1.82, 2.24) is 9.88 Å². The van der Waals surface area contributed by atoms with Crippen molar-refractivity contribution in [2.75, 3.05) is 43.5 Å². The molecule has 1 saturated heterocycles. The Morgan fingerprint density at radius 3 is 2.60 bits per heavy atom. The molecular weight excluding hydrogens is 580 g/mol. The van der Waals surface area contributed by atoms with Crippen molar-refractivity contribution < 1.29 is 22.7 Å². The molecule has 3 radical (unpaired) electrons. The van der Waals surface area contributed by atoms with Crippen LogP contribution in [0.4, 0.5) is 24.5 Å². The van der Waals surface area contributed by atoms with Gasteiger partial charge in [0.15, 0.2) is 0 Å². The first kappa shape index (κ1) is 27.8. The number of rotatable bonds is 7. The van der Waals surface area contributed by atoms with E-state index in [0.29, 0.717) is 18.3 Å². The number of benzene rings is 1. The number of piperazine rings is 1. The minimum absolute atomic E-state index is 0.126.